The lowest BCUT2D eigenvalue weighted by Gasteiger charge is -2.12. The smallest absolute Gasteiger partial charge is 0.219 e. The lowest BCUT2D eigenvalue weighted by molar-refractivity contribution is -0.120. The molecule has 0 saturated heterocycles. The normalized spacial score (nSPS) is 10.1. The maximum absolute atomic E-state index is 11.0. The summed E-state index contributed by atoms with van der Waals surface area (Å²) in [7, 11) is 1.64. The van der Waals surface area contributed by atoms with Gasteiger partial charge in [-0.25, -0.2) is 0 Å². The average Bonchev–Trinajstić information content (AvgIpc) is 2.26. The molecule has 0 saturated carbocycles. The number of hydrogen-bond acceptors (Lipinski definition) is 3. The van der Waals surface area contributed by atoms with Crippen LogP contribution < -0.4 is 15.8 Å². The van der Waals surface area contributed by atoms with E-state index in [0.29, 0.717) is 19.4 Å². The highest BCUT2D eigenvalue weighted by atomic mass is 16.5. The molecule has 17 heavy (non-hydrogen) atoms. The first-order valence-electron chi connectivity index (χ1n) is 5.74. The first kappa shape index (κ1) is 13.4. The fraction of sp³-hybridized carbons (Fsp3) is 0.462. The number of amides is 1. The third-order valence-electron chi connectivity index (χ3n) is 2.56. The first-order chi connectivity index (χ1) is 8.04. The van der Waals surface area contributed by atoms with E-state index in [1.54, 1.807) is 7.05 Å². The number of ether oxygens (including phenoxy) is 1. The van der Waals surface area contributed by atoms with Gasteiger partial charge in [0.1, 0.15) is 5.75 Å². The monoisotopic (exact) mass is 236 g/mol. The standard InChI is InChI=1S/C13H20N2O2/c1-9-7-11(14)8-10(2)13(9)17-6-4-5-12(16)15-3/h7-8H,4-6,14H2,1-3H3,(H,15,16). The third-order valence-corrected chi connectivity index (χ3v) is 2.56. The molecule has 0 aliphatic rings. The van der Waals surface area contributed by atoms with Crippen molar-refractivity contribution >= 4 is 11.6 Å². The number of rotatable bonds is 5. The maximum atomic E-state index is 11.0. The van der Waals surface area contributed by atoms with Crippen molar-refractivity contribution in [1.82, 2.24) is 5.32 Å². The largest absolute Gasteiger partial charge is 0.493 e. The number of aryl methyl sites for hydroxylation is 2. The Morgan fingerprint density at radius 2 is 1.94 bits per heavy atom. The van der Waals surface area contributed by atoms with Crippen LogP contribution in [0, 0.1) is 13.8 Å². The molecular weight excluding hydrogens is 216 g/mol. The van der Waals surface area contributed by atoms with Gasteiger partial charge in [0.15, 0.2) is 0 Å². The topological polar surface area (TPSA) is 64.3 Å². The molecule has 0 unspecified atom stereocenters. The van der Waals surface area contributed by atoms with Crippen molar-refractivity contribution in [3.8, 4) is 5.75 Å². The summed E-state index contributed by atoms with van der Waals surface area (Å²) in [5, 5.41) is 2.58. The fourth-order valence-electron chi connectivity index (χ4n) is 1.74. The summed E-state index contributed by atoms with van der Waals surface area (Å²) in [5.74, 6) is 0.912. The van der Waals surface area contributed by atoms with Gasteiger partial charge in [0, 0.05) is 19.2 Å². The van der Waals surface area contributed by atoms with Gasteiger partial charge in [-0.15, -0.1) is 0 Å². The number of nitrogens with two attached hydrogens (primary N) is 1. The zero-order valence-corrected chi connectivity index (χ0v) is 10.7. The summed E-state index contributed by atoms with van der Waals surface area (Å²) < 4.78 is 5.68. The summed E-state index contributed by atoms with van der Waals surface area (Å²) in [6, 6.07) is 3.78. The number of hydrogen-bond donors (Lipinski definition) is 2. The van der Waals surface area contributed by atoms with E-state index in [0.717, 1.165) is 22.6 Å². The van der Waals surface area contributed by atoms with Crippen LogP contribution in [-0.4, -0.2) is 19.6 Å². The van der Waals surface area contributed by atoms with Crippen molar-refractivity contribution in [2.75, 3.05) is 19.4 Å². The van der Waals surface area contributed by atoms with Crippen LogP contribution in [0.2, 0.25) is 0 Å². The first-order valence-corrected chi connectivity index (χ1v) is 5.74. The summed E-state index contributed by atoms with van der Waals surface area (Å²) >= 11 is 0. The predicted octanol–water partition coefficient (Wildman–Crippen LogP) is 1.79. The molecule has 0 spiro atoms. The number of carbonyl (C=O) groups is 1. The Hall–Kier alpha value is -1.71. The molecule has 0 heterocycles. The second-order valence-electron chi connectivity index (χ2n) is 4.11. The van der Waals surface area contributed by atoms with Crippen LogP contribution >= 0.6 is 0 Å². The van der Waals surface area contributed by atoms with Crippen molar-refractivity contribution in [3.63, 3.8) is 0 Å². The molecule has 4 heteroatoms. The summed E-state index contributed by atoms with van der Waals surface area (Å²) in [6.45, 7) is 4.48. The van der Waals surface area contributed by atoms with E-state index >= 15 is 0 Å². The molecule has 1 aromatic rings. The number of nitrogens with one attached hydrogen (secondary N) is 1. The van der Waals surface area contributed by atoms with Gasteiger partial charge in [0.05, 0.1) is 6.61 Å². The Morgan fingerprint density at radius 1 is 1.35 bits per heavy atom. The van der Waals surface area contributed by atoms with Crippen molar-refractivity contribution in [2.24, 2.45) is 0 Å². The molecule has 0 aromatic heterocycles. The molecule has 0 fully saturated rings. The Morgan fingerprint density at radius 3 is 2.47 bits per heavy atom. The summed E-state index contributed by atoms with van der Waals surface area (Å²) in [5.41, 5.74) is 8.54. The molecule has 3 N–H and O–H groups in total. The molecule has 0 radical (unpaired) electrons. The minimum atomic E-state index is 0.0411. The van der Waals surface area contributed by atoms with Gasteiger partial charge in [-0.3, -0.25) is 4.79 Å². The number of nitrogen functional groups attached to an aromatic ring is 1. The predicted molar refractivity (Wildman–Crippen MR) is 69.1 cm³/mol. The van der Waals surface area contributed by atoms with Crippen molar-refractivity contribution in [1.29, 1.82) is 0 Å². The van der Waals surface area contributed by atoms with E-state index in [-0.39, 0.29) is 5.91 Å². The molecule has 1 rings (SSSR count). The van der Waals surface area contributed by atoms with Gasteiger partial charge in [-0.2, -0.15) is 0 Å². The van der Waals surface area contributed by atoms with E-state index in [1.807, 2.05) is 26.0 Å². The Balaban J connectivity index is 2.50. The van der Waals surface area contributed by atoms with Crippen LogP contribution in [0.4, 0.5) is 5.69 Å². The zero-order valence-electron chi connectivity index (χ0n) is 10.7. The van der Waals surface area contributed by atoms with Crippen molar-refractivity contribution < 1.29 is 9.53 Å². The summed E-state index contributed by atoms with van der Waals surface area (Å²) in [4.78, 5) is 11.0. The molecule has 0 bridgehead atoms. The van der Waals surface area contributed by atoms with E-state index in [9.17, 15) is 4.79 Å². The maximum Gasteiger partial charge on any atom is 0.219 e. The lowest BCUT2D eigenvalue weighted by atomic mass is 10.1. The molecular formula is C13H20N2O2. The van der Waals surface area contributed by atoms with Crippen LogP contribution in [0.25, 0.3) is 0 Å². The minimum Gasteiger partial charge on any atom is -0.493 e. The molecule has 0 aliphatic carbocycles. The Kier molecular flexibility index (Phi) is 4.82. The quantitative estimate of drug-likeness (QED) is 0.605. The van der Waals surface area contributed by atoms with Crippen molar-refractivity contribution in [3.05, 3.63) is 23.3 Å². The Bertz CT molecular complexity index is 379. The molecule has 1 aromatic carbocycles. The van der Waals surface area contributed by atoms with Gasteiger partial charge in [0.25, 0.3) is 0 Å². The molecule has 0 atom stereocenters. The average molecular weight is 236 g/mol. The van der Waals surface area contributed by atoms with E-state index in [1.165, 1.54) is 0 Å². The number of carbonyl (C=O) groups excluding carboxylic acids is 1. The second-order valence-corrected chi connectivity index (χ2v) is 4.11. The van der Waals surface area contributed by atoms with E-state index in [4.69, 9.17) is 10.5 Å². The van der Waals surface area contributed by atoms with E-state index in [2.05, 4.69) is 5.32 Å². The number of anilines is 1. The van der Waals surface area contributed by atoms with Crippen molar-refractivity contribution in [2.45, 2.75) is 26.7 Å². The Labute approximate surface area is 102 Å². The van der Waals surface area contributed by atoms with Crippen LogP contribution in [0.3, 0.4) is 0 Å². The zero-order chi connectivity index (χ0) is 12.8. The molecule has 94 valence electrons. The highest BCUT2D eigenvalue weighted by molar-refractivity contribution is 5.75. The fourth-order valence-corrected chi connectivity index (χ4v) is 1.74. The van der Waals surface area contributed by atoms with Crippen LogP contribution in [0.15, 0.2) is 12.1 Å². The van der Waals surface area contributed by atoms with Crippen LogP contribution in [0.5, 0.6) is 5.75 Å². The summed E-state index contributed by atoms with van der Waals surface area (Å²) in [6.07, 6.45) is 1.20. The molecule has 0 aliphatic heterocycles. The van der Waals surface area contributed by atoms with E-state index < -0.39 is 0 Å². The van der Waals surface area contributed by atoms with Gasteiger partial charge >= 0.3 is 0 Å². The van der Waals surface area contributed by atoms with Gasteiger partial charge in [-0.05, 0) is 43.5 Å². The second kappa shape index (κ2) is 6.13. The van der Waals surface area contributed by atoms with Crippen LogP contribution in [-0.2, 0) is 4.79 Å². The van der Waals surface area contributed by atoms with Gasteiger partial charge < -0.3 is 15.8 Å². The molecule has 1 amide bonds. The van der Waals surface area contributed by atoms with Crippen LogP contribution in [0.1, 0.15) is 24.0 Å². The number of benzene rings is 1. The highest BCUT2D eigenvalue weighted by Gasteiger charge is 2.05. The van der Waals surface area contributed by atoms with Gasteiger partial charge in [-0.1, -0.05) is 0 Å². The SMILES string of the molecule is CNC(=O)CCCOc1c(C)cc(N)cc1C. The minimum absolute atomic E-state index is 0.0411. The molecule has 4 nitrogen and oxygen atoms in total. The lowest BCUT2D eigenvalue weighted by Crippen LogP contribution is -2.18. The highest BCUT2D eigenvalue weighted by Crippen LogP contribution is 2.25. The van der Waals surface area contributed by atoms with Gasteiger partial charge in [0.2, 0.25) is 5.91 Å². The third kappa shape index (κ3) is 3.98.